The Morgan fingerprint density at radius 2 is 2.16 bits per heavy atom. The number of nitrogens with zero attached hydrogens (tertiary/aromatic N) is 4. The van der Waals surface area contributed by atoms with E-state index in [9.17, 15) is 14.7 Å². The van der Waals surface area contributed by atoms with Crippen molar-refractivity contribution in [1.82, 2.24) is 19.4 Å². The number of ether oxygens (including phenoxy) is 1. The normalized spacial score (nSPS) is 19.7. The van der Waals surface area contributed by atoms with E-state index < -0.39 is 5.97 Å². The minimum atomic E-state index is -1.04. The standard InChI is InChI=1S/C17H18N4O4/c22-16(21-5-1-2-13(21)12-9-18-3-4-19-12)14-8-11(17(23)24)15-10-25-7-6-20(14)15/h3-4,8-9,13H,1-2,5-7,10H2,(H,23,24). The van der Waals surface area contributed by atoms with E-state index >= 15 is 0 Å². The average Bonchev–Trinajstić information content (AvgIpc) is 3.27. The minimum absolute atomic E-state index is 0.125. The third kappa shape index (κ3) is 2.68. The maximum Gasteiger partial charge on any atom is 0.337 e. The molecule has 1 atom stereocenters. The molecule has 1 N–H and O–H groups in total. The maximum atomic E-state index is 13.2. The van der Waals surface area contributed by atoms with Gasteiger partial charge in [0.05, 0.1) is 42.4 Å². The number of carboxylic acid groups (broad SMARTS) is 1. The van der Waals surface area contributed by atoms with Crippen LogP contribution in [-0.2, 0) is 17.9 Å². The number of carbonyl (C=O) groups is 2. The summed E-state index contributed by atoms with van der Waals surface area (Å²) in [6.07, 6.45) is 6.62. The van der Waals surface area contributed by atoms with Gasteiger partial charge in [0.2, 0.25) is 0 Å². The van der Waals surface area contributed by atoms with E-state index in [4.69, 9.17) is 4.74 Å². The van der Waals surface area contributed by atoms with Crippen molar-refractivity contribution < 1.29 is 19.4 Å². The van der Waals surface area contributed by atoms with E-state index in [-0.39, 0.29) is 24.1 Å². The van der Waals surface area contributed by atoms with Gasteiger partial charge in [-0.25, -0.2) is 4.79 Å². The molecule has 1 fully saturated rings. The molecule has 25 heavy (non-hydrogen) atoms. The number of aromatic nitrogens is 3. The second-order valence-electron chi connectivity index (χ2n) is 6.19. The smallest absolute Gasteiger partial charge is 0.337 e. The Labute approximate surface area is 144 Å². The molecule has 0 spiro atoms. The van der Waals surface area contributed by atoms with Crippen molar-refractivity contribution in [2.45, 2.75) is 32.0 Å². The Hall–Kier alpha value is -2.74. The summed E-state index contributed by atoms with van der Waals surface area (Å²) >= 11 is 0. The monoisotopic (exact) mass is 342 g/mol. The largest absolute Gasteiger partial charge is 0.478 e. The number of hydrogen-bond acceptors (Lipinski definition) is 5. The van der Waals surface area contributed by atoms with E-state index in [0.29, 0.717) is 31.1 Å². The Morgan fingerprint density at radius 1 is 1.28 bits per heavy atom. The fourth-order valence-corrected chi connectivity index (χ4v) is 3.63. The number of amides is 1. The molecule has 8 heteroatoms. The van der Waals surface area contributed by atoms with E-state index in [1.807, 2.05) is 0 Å². The fraction of sp³-hybridized carbons (Fsp3) is 0.412. The van der Waals surface area contributed by atoms with Gasteiger partial charge >= 0.3 is 5.97 Å². The zero-order valence-corrected chi connectivity index (χ0v) is 13.6. The second kappa shape index (κ2) is 6.29. The first-order chi connectivity index (χ1) is 12.2. The van der Waals surface area contributed by atoms with Crippen LogP contribution in [0.2, 0.25) is 0 Å². The summed E-state index contributed by atoms with van der Waals surface area (Å²) in [6, 6.07) is 1.35. The summed E-state index contributed by atoms with van der Waals surface area (Å²) in [6.45, 7) is 1.78. The number of carboxylic acids is 1. The molecule has 0 radical (unpaired) electrons. The minimum Gasteiger partial charge on any atom is -0.478 e. The van der Waals surface area contributed by atoms with Crippen LogP contribution in [0, 0.1) is 0 Å². The predicted molar refractivity (Wildman–Crippen MR) is 86.1 cm³/mol. The lowest BCUT2D eigenvalue weighted by molar-refractivity contribution is 0.0637. The highest BCUT2D eigenvalue weighted by Gasteiger charge is 2.35. The molecule has 0 aromatic carbocycles. The van der Waals surface area contributed by atoms with Crippen LogP contribution in [0.3, 0.4) is 0 Å². The topological polar surface area (TPSA) is 97.5 Å². The molecule has 130 valence electrons. The molecule has 2 aromatic rings. The zero-order chi connectivity index (χ0) is 17.4. The summed E-state index contributed by atoms with van der Waals surface area (Å²) in [5.41, 5.74) is 1.86. The lowest BCUT2D eigenvalue weighted by atomic mass is 10.1. The highest BCUT2D eigenvalue weighted by atomic mass is 16.5. The lowest BCUT2D eigenvalue weighted by Crippen LogP contribution is -2.33. The first kappa shape index (κ1) is 15.8. The van der Waals surface area contributed by atoms with Crippen LogP contribution in [0.25, 0.3) is 0 Å². The molecule has 2 aromatic heterocycles. The zero-order valence-electron chi connectivity index (χ0n) is 13.6. The highest BCUT2D eigenvalue weighted by Crippen LogP contribution is 2.33. The molecule has 8 nitrogen and oxygen atoms in total. The van der Waals surface area contributed by atoms with Gasteiger partial charge in [-0.15, -0.1) is 0 Å². The highest BCUT2D eigenvalue weighted by molar-refractivity contribution is 5.98. The Kier molecular flexibility index (Phi) is 3.96. The van der Waals surface area contributed by atoms with Crippen LogP contribution >= 0.6 is 0 Å². The number of hydrogen-bond donors (Lipinski definition) is 1. The molecular formula is C17H18N4O4. The number of carbonyl (C=O) groups excluding carboxylic acids is 1. The van der Waals surface area contributed by atoms with Gasteiger partial charge in [-0.2, -0.15) is 0 Å². The number of fused-ring (bicyclic) bond motifs is 1. The van der Waals surface area contributed by atoms with E-state index in [1.165, 1.54) is 6.07 Å². The molecule has 1 amide bonds. The molecule has 0 bridgehead atoms. The van der Waals surface area contributed by atoms with Crippen LogP contribution in [0.1, 0.15) is 51.1 Å². The predicted octanol–water partition coefficient (Wildman–Crippen LogP) is 1.48. The van der Waals surface area contributed by atoms with E-state index in [1.54, 1.807) is 28.1 Å². The van der Waals surface area contributed by atoms with Crippen molar-refractivity contribution >= 4 is 11.9 Å². The van der Waals surface area contributed by atoms with Gasteiger partial charge in [0, 0.05) is 25.5 Å². The summed E-state index contributed by atoms with van der Waals surface area (Å²) in [5, 5.41) is 9.42. The quantitative estimate of drug-likeness (QED) is 0.907. The Morgan fingerprint density at radius 3 is 2.92 bits per heavy atom. The van der Waals surface area contributed by atoms with Gasteiger partial charge in [-0.1, -0.05) is 0 Å². The van der Waals surface area contributed by atoms with Crippen molar-refractivity contribution in [1.29, 1.82) is 0 Å². The SMILES string of the molecule is O=C(O)c1cc(C(=O)N2CCCC2c2cnccn2)n2c1COCC2. The van der Waals surface area contributed by atoms with Gasteiger partial charge in [-0.05, 0) is 18.9 Å². The van der Waals surface area contributed by atoms with Gasteiger partial charge in [0.1, 0.15) is 5.69 Å². The number of aromatic carboxylic acids is 1. The van der Waals surface area contributed by atoms with Gasteiger partial charge < -0.3 is 19.3 Å². The van der Waals surface area contributed by atoms with Crippen molar-refractivity contribution in [2.75, 3.05) is 13.2 Å². The molecule has 2 aliphatic rings. The summed E-state index contributed by atoms with van der Waals surface area (Å²) in [4.78, 5) is 34.9. The molecule has 1 unspecified atom stereocenters. The number of likely N-dealkylation sites (tertiary alicyclic amines) is 1. The molecule has 4 heterocycles. The number of rotatable bonds is 3. The van der Waals surface area contributed by atoms with Gasteiger partial charge in [0.15, 0.2) is 0 Å². The van der Waals surface area contributed by atoms with Crippen LogP contribution in [0.15, 0.2) is 24.7 Å². The third-order valence-corrected chi connectivity index (χ3v) is 4.79. The van der Waals surface area contributed by atoms with Gasteiger partial charge in [-0.3, -0.25) is 14.8 Å². The molecular weight excluding hydrogens is 324 g/mol. The molecule has 0 aliphatic carbocycles. The van der Waals surface area contributed by atoms with E-state index in [0.717, 1.165) is 18.5 Å². The van der Waals surface area contributed by atoms with Crippen LogP contribution in [0.4, 0.5) is 0 Å². The second-order valence-corrected chi connectivity index (χ2v) is 6.19. The van der Waals surface area contributed by atoms with Crippen molar-refractivity contribution in [3.63, 3.8) is 0 Å². The van der Waals surface area contributed by atoms with Crippen LogP contribution < -0.4 is 0 Å². The Bertz CT molecular complexity index is 818. The summed E-state index contributed by atoms with van der Waals surface area (Å²) < 4.78 is 7.15. The Balaban J connectivity index is 1.70. The molecule has 4 rings (SSSR count). The summed E-state index contributed by atoms with van der Waals surface area (Å²) in [5.74, 6) is -1.20. The average molecular weight is 342 g/mol. The summed E-state index contributed by atoms with van der Waals surface area (Å²) in [7, 11) is 0. The molecule has 2 aliphatic heterocycles. The van der Waals surface area contributed by atoms with Crippen molar-refractivity contribution in [2.24, 2.45) is 0 Å². The first-order valence-corrected chi connectivity index (χ1v) is 8.27. The van der Waals surface area contributed by atoms with Crippen LogP contribution in [-0.4, -0.2) is 49.6 Å². The third-order valence-electron chi connectivity index (χ3n) is 4.79. The molecule has 0 saturated carbocycles. The van der Waals surface area contributed by atoms with E-state index in [2.05, 4.69) is 9.97 Å². The van der Waals surface area contributed by atoms with Gasteiger partial charge in [0.25, 0.3) is 5.91 Å². The van der Waals surface area contributed by atoms with Crippen molar-refractivity contribution in [3.8, 4) is 0 Å². The van der Waals surface area contributed by atoms with Crippen molar-refractivity contribution in [3.05, 3.63) is 47.3 Å². The maximum absolute atomic E-state index is 13.2. The fourth-order valence-electron chi connectivity index (χ4n) is 3.63. The first-order valence-electron chi connectivity index (χ1n) is 8.27. The molecule has 1 saturated heterocycles. The lowest BCUT2D eigenvalue weighted by Gasteiger charge is -2.26. The van der Waals surface area contributed by atoms with Crippen LogP contribution in [0.5, 0.6) is 0 Å².